The minimum absolute atomic E-state index is 0.187. The highest BCUT2D eigenvalue weighted by molar-refractivity contribution is 5.94. The van der Waals surface area contributed by atoms with E-state index in [0.717, 1.165) is 16.8 Å². The first-order valence-electron chi connectivity index (χ1n) is 12.6. The van der Waals surface area contributed by atoms with Crippen LogP contribution in [0.3, 0.4) is 0 Å². The molecule has 0 bridgehead atoms. The molecule has 200 valence electrons. The van der Waals surface area contributed by atoms with E-state index in [9.17, 15) is 14.0 Å². The largest absolute Gasteiger partial charge is 0.492 e. The van der Waals surface area contributed by atoms with E-state index in [-0.39, 0.29) is 31.4 Å². The van der Waals surface area contributed by atoms with Crippen molar-refractivity contribution >= 4 is 11.9 Å². The third-order valence-electron chi connectivity index (χ3n) is 5.75. The topological polar surface area (TPSA) is 86.8 Å². The van der Waals surface area contributed by atoms with E-state index in [0.29, 0.717) is 23.6 Å². The zero-order chi connectivity index (χ0) is 27.5. The standard InChI is InChI=1S/C31H29FN2O5/c1-2-37-31(36)29(39-27-16-12-25(32)13-17-27)21-22-6-14-26(15-7-22)38-20-19-34-30(35)24-10-8-23(9-11-24)28-5-3-4-18-33-28/h3-18,29H,2,19-21H2,1H3,(H,34,35). The maximum atomic E-state index is 13.2. The van der Waals surface area contributed by atoms with E-state index in [1.807, 2.05) is 42.5 Å². The van der Waals surface area contributed by atoms with Gasteiger partial charge in [0.2, 0.25) is 0 Å². The second-order valence-electron chi connectivity index (χ2n) is 8.56. The van der Waals surface area contributed by atoms with E-state index in [2.05, 4.69) is 10.3 Å². The Balaban J connectivity index is 1.24. The van der Waals surface area contributed by atoms with Crippen molar-refractivity contribution in [1.29, 1.82) is 0 Å². The van der Waals surface area contributed by atoms with E-state index < -0.39 is 12.1 Å². The lowest BCUT2D eigenvalue weighted by Crippen LogP contribution is -2.31. The van der Waals surface area contributed by atoms with Crippen LogP contribution in [0, 0.1) is 5.82 Å². The number of aromatic nitrogens is 1. The van der Waals surface area contributed by atoms with Crippen molar-refractivity contribution in [3.05, 3.63) is 114 Å². The van der Waals surface area contributed by atoms with Gasteiger partial charge in [-0.1, -0.05) is 30.3 Å². The summed E-state index contributed by atoms with van der Waals surface area (Å²) in [6.07, 6.45) is 1.12. The summed E-state index contributed by atoms with van der Waals surface area (Å²) in [5.41, 5.74) is 3.18. The summed E-state index contributed by atoms with van der Waals surface area (Å²) < 4.78 is 29.9. The van der Waals surface area contributed by atoms with Crippen LogP contribution in [-0.2, 0) is 16.0 Å². The zero-order valence-electron chi connectivity index (χ0n) is 21.5. The Bertz CT molecular complexity index is 1340. The number of halogens is 1. The fourth-order valence-electron chi connectivity index (χ4n) is 3.78. The van der Waals surface area contributed by atoms with Gasteiger partial charge in [0.05, 0.1) is 18.8 Å². The smallest absolute Gasteiger partial charge is 0.347 e. The molecule has 0 aliphatic heterocycles. The maximum Gasteiger partial charge on any atom is 0.347 e. The molecule has 1 unspecified atom stereocenters. The Hall–Kier alpha value is -4.72. The molecule has 0 spiro atoms. The van der Waals surface area contributed by atoms with E-state index in [1.54, 1.807) is 37.4 Å². The summed E-state index contributed by atoms with van der Waals surface area (Å²) in [5, 5.41) is 2.85. The molecule has 4 aromatic rings. The second-order valence-corrected chi connectivity index (χ2v) is 8.56. The number of nitrogens with one attached hydrogen (secondary N) is 1. The molecule has 1 N–H and O–H groups in total. The SMILES string of the molecule is CCOC(=O)C(Cc1ccc(OCCNC(=O)c2ccc(-c3ccccn3)cc2)cc1)Oc1ccc(F)cc1. The van der Waals surface area contributed by atoms with Crippen molar-refractivity contribution in [3.8, 4) is 22.8 Å². The van der Waals surface area contributed by atoms with E-state index >= 15 is 0 Å². The van der Waals surface area contributed by atoms with Crippen molar-refractivity contribution in [2.24, 2.45) is 0 Å². The van der Waals surface area contributed by atoms with Crippen molar-refractivity contribution in [3.63, 3.8) is 0 Å². The molecule has 4 rings (SSSR count). The number of pyridine rings is 1. The van der Waals surface area contributed by atoms with Gasteiger partial charge in [0, 0.05) is 23.7 Å². The average molecular weight is 529 g/mol. The molecule has 0 aliphatic rings. The van der Waals surface area contributed by atoms with Crippen molar-refractivity contribution < 1.29 is 28.2 Å². The fraction of sp³-hybridized carbons (Fsp3) is 0.194. The van der Waals surface area contributed by atoms with E-state index in [1.165, 1.54) is 24.3 Å². The number of carbonyl (C=O) groups is 2. The number of amides is 1. The van der Waals surface area contributed by atoms with Gasteiger partial charge in [0.15, 0.2) is 6.10 Å². The Kier molecular flexibility index (Phi) is 9.61. The van der Waals surface area contributed by atoms with Gasteiger partial charge in [-0.2, -0.15) is 0 Å². The number of esters is 1. The number of hydrogen-bond acceptors (Lipinski definition) is 6. The molecule has 1 heterocycles. The molecule has 3 aromatic carbocycles. The molecule has 1 atom stereocenters. The molecular formula is C31H29FN2O5. The van der Waals surface area contributed by atoms with Gasteiger partial charge in [0.1, 0.15) is 23.9 Å². The predicted molar refractivity (Wildman–Crippen MR) is 145 cm³/mol. The summed E-state index contributed by atoms with van der Waals surface area (Å²) in [7, 11) is 0. The highest BCUT2D eigenvalue weighted by Crippen LogP contribution is 2.19. The van der Waals surface area contributed by atoms with Crippen LogP contribution in [0.2, 0.25) is 0 Å². The second kappa shape index (κ2) is 13.7. The van der Waals surface area contributed by atoms with Crippen LogP contribution in [0.15, 0.2) is 97.2 Å². The van der Waals surface area contributed by atoms with Crippen LogP contribution in [0.25, 0.3) is 11.3 Å². The van der Waals surface area contributed by atoms with Gasteiger partial charge in [-0.3, -0.25) is 9.78 Å². The maximum absolute atomic E-state index is 13.2. The van der Waals surface area contributed by atoms with Crippen LogP contribution in [0.1, 0.15) is 22.8 Å². The number of nitrogens with zero attached hydrogens (tertiary/aromatic N) is 1. The highest BCUT2D eigenvalue weighted by atomic mass is 19.1. The molecule has 0 saturated carbocycles. The molecular weight excluding hydrogens is 499 g/mol. The third kappa shape index (κ3) is 8.13. The zero-order valence-corrected chi connectivity index (χ0v) is 21.5. The molecule has 8 heteroatoms. The van der Waals surface area contributed by atoms with Gasteiger partial charge >= 0.3 is 5.97 Å². The van der Waals surface area contributed by atoms with Gasteiger partial charge in [-0.15, -0.1) is 0 Å². The Morgan fingerprint density at radius 2 is 1.62 bits per heavy atom. The summed E-state index contributed by atoms with van der Waals surface area (Å²) in [5.74, 6) is -0.0714. The van der Waals surface area contributed by atoms with Crippen LogP contribution in [0.4, 0.5) is 4.39 Å². The Labute approximate surface area is 226 Å². The minimum Gasteiger partial charge on any atom is -0.492 e. The number of rotatable bonds is 12. The summed E-state index contributed by atoms with van der Waals surface area (Å²) >= 11 is 0. The molecule has 0 saturated heterocycles. The fourth-order valence-corrected chi connectivity index (χ4v) is 3.78. The molecule has 0 aliphatic carbocycles. The minimum atomic E-state index is -0.879. The Morgan fingerprint density at radius 1 is 0.897 bits per heavy atom. The molecule has 0 radical (unpaired) electrons. The quantitative estimate of drug-likeness (QED) is 0.200. The Morgan fingerprint density at radius 3 is 2.28 bits per heavy atom. The van der Waals surface area contributed by atoms with Crippen LogP contribution in [0.5, 0.6) is 11.5 Å². The number of carbonyl (C=O) groups excluding carboxylic acids is 2. The predicted octanol–water partition coefficient (Wildman–Crippen LogP) is 5.25. The molecule has 39 heavy (non-hydrogen) atoms. The summed E-state index contributed by atoms with van der Waals surface area (Å²) in [4.78, 5) is 29.2. The van der Waals surface area contributed by atoms with Gasteiger partial charge in [0.25, 0.3) is 5.91 Å². The van der Waals surface area contributed by atoms with Crippen molar-refractivity contribution in [2.75, 3.05) is 19.8 Å². The average Bonchev–Trinajstić information content (AvgIpc) is 2.97. The van der Waals surface area contributed by atoms with Gasteiger partial charge < -0.3 is 19.5 Å². The third-order valence-corrected chi connectivity index (χ3v) is 5.75. The summed E-state index contributed by atoms with van der Waals surface area (Å²) in [6.45, 7) is 2.57. The van der Waals surface area contributed by atoms with Gasteiger partial charge in [-0.25, -0.2) is 9.18 Å². The number of hydrogen-bond donors (Lipinski definition) is 1. The first-order valence-corrected chi connectivity index (χ1v) is 12.6. The first-order chi connectivity index (χ1) is 19.0. The molecule has 1 aromatic heterocycles. The lowest BCUT2D eigenvalue weighted by molar-refractivity contribution is -0.151. The normalized spacial score (nSPS) is 11.3. The van der Waals surface area contributed by atoms with Crippen LogP contribution in [-0.4, -0.2) is 42.7 Å². The summed E-state index contributed by atoms with van der Waals surface area (Å²) in [6, 6.07) is 25.7. The van der Waals surface area contributed by atoms with Crippen LogP contribution >= 0.6 is 0 Å². The van der Waals surface area contributed by atoms with Crippen molar-refractivity contribution in [1.82, 2.24) is 10.3 Å². The first kappa shape index (κ1) is 27.3. The van der Waals surface area contributed by atoms with E-state index in [4.69, 9.17) is 14.2 Å². The van der Waals surface area contributed by atoms with Crippen LogP contribution < -0.4 is 14.8 Å². The molecule has 0 fully saturated rings. The lowest BCUT2D eigenvalue weighted by Gasteiger charge is -2.18. The number of benzene rings is 3. The monoisotopic (exact) mass is 528 g/mol. The molecule has 7 nitrogen and oxygen atoms in total. The molecule has 1 amide bonds. The number of ether oxygens (including phenoxy) is 3. The lowest BCUT2D eigenvalue weighted by atomic mass is 10.1. The van der Waals surface area contributed by atoms with Gasteiger partial charge in [-0.05, 0) is 73.2 Å². The highest BCUT2D eigenvalue weighted by Gasteiger charge is 2.22. The van der Waals surface area contributed by atoms with Crippen molar-refractivity contribution in [2.45, 2.75) is 19.4 Å².